The third-order valence-corrected chi connectivity index (χ3v) is 5.97. The molecule has 0 saturated carbocycles. The van der Waals surface area contributed by atoms with E-state index in [4.69, 9.17) is 14.6 Å². The van der Waals surface area contributed by atoms with Crippen molar-refractivity contribution in [2.45, 2.75) is 128 Å². The molecule has 0 aromatic carbocycles. The minimum Gasteiger partial charge on any atom is -0.394 e. The number of hydrogen-bond acceptors (Lipinski definition) is 5. The molecule has 0 aliphatic carbocycles. The summed E-state index contributed by atoms with van der Waals surface area (Å²) in [5.74, 6) is 0. The highest BCUT2D eigenvalue weighted by Crippen LogP contribution is 2.20. The number of unbranched alkanes of at least 4 members (excludes halogenated alkanes) is 13. The summed E-state index contributed by atoms with van der Waals surface area (Å²) in [6.45, 7) is 2.73. The second-order valence-corrected chi connectivity index (χ2v) is 8.74. The van der Waals surface area contributed by atoms with E-state index in [1.165, 1.54) is 77.0 Å². The molecule has 3 N–H and O–H groups in total. The normalized spacial score (nSPS) is 22.9. The van der Waals surface area contributed by atoms with Crippen molar-refractivity contribution in [3.8, 4) is 0 Å². The number of hydrogen-bond donors (Lipinski definition) is 3. The lowest BCUT2D eigenvalue weighted by Gasteiger charge is -2.20. The molecule has 5 nitrogen and oxygen atoms in total. The summed E-state index contributed by atoms with van der Waals surface area (Å²) in [5.41, 5.74) is 0. The first-order chi connectivity index (χ1) is 14.7. The maximum atomic E-state index is 10.1. The molecule has 0 unspecified atom stereocenters. The molecule has 30 heavy (non-hydrogen) atoms. The Bertz CT molecular complexity index is 401. The van der Waals surface area contributed by atoms with Gasteiger partial charge in [0.1, 0.15) is 24.4 Å². The first-order valence-corrected chi connectivity index (χ1v) is 12.6. The summed E-state index contributed by atoms with van der Waals surface area (Å²) in [6.07, 6.45) is 21.0. The zero-order chi connectivity index (χ0) is 21.9. The Hall–Kier alpha value is -0.460. The molecule has 1 rings (SSSR count). The van der Waals surface area contributed by atoms with Crippen molar-refractivity contribution >= 4 is 0 Å². The fourth-order valence-electron chi connectivity index (χ4n) is 3.97. The molecule has 1 heterocycles. The van der Waals surface area contributed by atoms with E-state index >= 15 is 0 Å². The number of rotatable bonds is 20. The minimum atomic E-state index is -1.05. The third kappa shape index (κ3) is 13.1. The van der Waals surface area contributed by atoms with Crippen LogP contribution < -0.4 is 0 Å². The molecule has 1 saturated heterocycles. The number of allylic oxidation sites excluding steroid dienone is 2. The molecule has 0 spiro atoms. The van der Waals surface area contributed by atoms with Crippen LogP contribution in [-0.2, 0) is 9.47 Å². The van der Waals surface area contributed by atoms with Crippen LogP contribution in [0.3, 0.4) is 0 Å². The predicted octanol–water partition coefficient (Wildman–Crippen LogP) is 4.91. The molecule has 0 aromatic rings. The van der Waals surface area contributed by atoms with Gasteiger partial charge in [0.15, 0.2) is 0 Å². The van der Waals surface area contributed by atoms with Crippen molar-refractivity contribution in [1.82, 2.24) is 0 Å². The number of ether oxygens (including phenoxy) is 2. The van der Waals surface area contributed by atoms with Crippen molar-refractivity contribution in [2.24, 2.45) is 0 Å². The average molecular weight is 429 g/mol. The Morgan fingerprint density at radius 3 is 1.97 bits per heavy atom. The average Bonchev–Trinajstić information content (AvgIpc) is 3.12. The van der Waals surface area contributed by atoms with Crippen LogP contribution >= 0.6 is 0 Å². The van der Waals surface area contributed by atoms with Crippen molar-refractivity contribution in [3.63, 3.8) is 0 Å². The van der Waals surface area contributed by atoms with Crippen LogP contribution in [0.2, 0.25) is 0 Å². The van der Waals surface area contributed by atoms with Crippen LogP contribution in [0.5, 0.6) is 0 Å². The van der Waals surface area contributed by atoms with Gasteiger partial charge < -0.3 is 24.8 Å². The number of aliphatic hydroxyl groups is 3. The molecule has 0 aromatic heterocycles. The topological polar surface area (TPSA) is 79.2 Å². The van der Waals surface area contributed by atoms with Gasteiger partial charge in [-0.25, -0.2) is 0 Å². The standard InChI is InChI=1S/C25H48O5/c1-2-3-4-5-6-7-8-9-10-11-12-13-14-15-16-17-18-19-29-23-21-30-25(24(23)28)22(27)20-26/h12-13,22-28H,2-11,14-21H2,1H3/b13-12+/t22-,23+,24+,25+/m1/s1. The van der Waals surface area contributed by atoms with Gasteiger partial charge in [0.25, 0.3) is 0 Å². The van der Waals surface area contributed by atoms with Gasteiger partial charge in [0.05, 0.1) is 13.2 Å². The molecule has 178 valence electrons. The Kier molecular flexibility index (Phi) is 17.7. The molecule has 1 fully saturated rings. The van der Waals surface area contributed by atoms with E-state index in [0.717, 1.165) is 19.3 Å². The van der Waals surface area contributed by atoms with Crippen LogP contribution in [0.4, 0.5) is 0 Å². The van der Waals surface area contributed by atoms with E-state index in [1.807, 2.05) is 0 Å². The van der Waals surface area contributed by atoms with Crippen LogP contribution in [0.1, 0.15) is 103 Å². The van der Waals surface area contributed by atoms with Gasteiger partial charge in [0.2, 0.25) is 0 Å². The Balaban J connectivity index is 1.82. The van der Waals surface area contributed by atoms with E-state index < -0.39 is 31.0 Å². The molecule has 0 radical (unpaired) electrons. The fourth-order valence-corrected chi connectivity index (χ4v) is 3.97. The monoisotopic (exact) mass is 428 g/mol. The zero-order valence-electron chi connectivity index (χ0n) is 19.4. The smallest absolute Gasteiger partial charge is 0.114 e. The molecule has 0 bridgehead atoms. The van der Waals surface area contributed by atoms with Gasteiger partial charge in [-0.3, -0.25) is 0 Å². The van der Waals surface area contributed by atoms with Crippen molar-refractivity contribution in [2.75, 3.05) is 19.8 Å². The lowest BCUT2D eigenvalue weighted by atomic mass is 10.1. The first kappa shape index (κ1) is 27.6. The Morgan fingerprint density at radius 1 is 0.867 bits per heavy atom. The SMILES string of the molecule is CCCCCCCCCCC/C=C/CCCCCCO[C@H]1CO[C@@H]([C@H](O)CO)[C@H]1O. The third-order valence-electron chi connectivity index (χ3n) is 5.97. The van der Waals surface area contributed by atoms with Gasteiger partial charge in [-0.1, -0.05) is 83.3 Å². The van der Waals surface area contributed by atoms with Gasteiger partial charge >= 0.3 is 0 Å². The zero-order valence-corrected chi connectivity index (χ0v) is 19.4. The van der Waals surface area contributed by atoms with E-state index in [-0.39, 0.29) is 6.61 Å². The van der Waals surface area contributed by atoms with E-state index in [0.29, 0.717) is 6.61 Å². The summed E-state index contributed by atoms with van der Waals surface area (Å²) in [7, 11) is 0. The lowest BCUT2D eigenvalue weighted by Crippen LogP contribution is -2.41. The predicted molar refractivity (Wildman–Crippen MR) is 123 cm³/mol. The van der Waals surface area contributed by atoms with E-state index in [2.05, 4.69) is 19.1 Å². The molecule has 1 aliphatic rings. The van der Waals surface area contributed by atoms with E-state index in [1.54, 1.807) is 0 Å². The summed E-state index contributed by atoms with van der Waals surface area (Å²) < 4.78 is 11.0. The summed E-state index contributed by atoms with van der Waals surface area (Å²) in [4.78, 5) is 0. The molecule has 5 heteroatoms. The van der Waals surface area contributed by atoms with Crippen LogP contribution in [0.15, 0.2) is 12.2 Å². The molecule has 1 aliphatic heterocycles. The highest BCUT2D eigenvalue weighted by atomic mass is 16.6. The summed E-state index contributed by atoms with van der Waals surface area (Å²) >= 11 is 0. The molecule has 0 amide bonds. The maximum absolute atomic E-state index is 10.1. The lowest BCUT2D eigenvalue weighted by molar-refractivity contribution is -0.0730. The molecule has 4 atom stereocenters. The van der Waals surface area contributed by atoms with E-state index in [9.17, 15) is 10.2 Å². The first-order valence-electron chi connectivity index (χ1n) is 12.6. The van der Waals surface area contributed by atoms with Crippen LogP contribution in [-0.4, -0.2) is 59.6 Å². The van der Waals surface area contributed by atoms with Crippen molar-refractivity contribution in [1.29, 1.82) is 0 Å². The maximum Gasteiger partial charge on any atom is 0.114 e. The Labute approximate surface area is 184 Å². The summed E-state index contributed by atoms with van der Waals surface area (Å²) in [5, 5.41) is 28.6. The second kappa shape index (κ2) is 19.2. The van der Waals surface area contributed by atoms with Gasteiger partial charge in [-0.05, 0) is 32.1 Å². The van der Waals surface area contributed by atoms with Crippen molar-refractivity contribution in [3.05, 3.63) is 12.2 Å². The highest BCUT2D eigenvalue weighted by Gasteiger charge is 2.40. The highest BCUT2D eigenvalue weighted by molar-refractivity contribution is 4.88. The molecular weight excluding hydrogens is 380 g/mol. The van der Waals surface area contributed by atoms with Gasteiger partial charge in [-0.15, -0.1) is 0 Å². The quantitative estimate of drug-likeness (QED) is 0.190. The van der Waals surface area contributed by atoms with Crippen LogP contribution in [0, 0.1) is 0 Å². The van der Waals surface area contributed by atoms with Gasteiger partial charge in [-0.2, -0.15) is 0 Å². The fraction of sp³-hybridized carbons (Fsp3) is 0.920. The summed E-state index contributed by atoms with van der Waals surface area (Å²) in [6, 6.07) is 0. The van der Waals surface area contributed by atoms with Gasteiger partial charge in [0, 0.05) is 6.61 Å². The minimum absolute atomic E-state index is 0.270. The Morgan fingerprint density at radius 2 is 1.40 bits per heavy atom. The van der Waals surface area contributed by atoms with Crippen LogP contribution in [0.25, 0.3) is 0 Å². The molecular formula is C25H48O5. The second-order valence-electron chi connectivity index (χ2n) is 8.74. The largest absolute Gasteiger partial charge is 0.394 e. The van der Waals surface area contributed by atoms with Crippen molar-refractivity contribution < 1.29 is 24.8 Å². The number of aliphatic hydroxyl groups excluding tert-OH is 3.